The lowest BCUT2D eigenvalue weighted by Gasteiger charge is -2.57. The van der Waals surface area contributed by atoms with E-state index >= 15 is 0 Å². The van der Waals surface area contributed by atoms with Crippen LogP contribution in [0, 0.1) is 17.8 Å². The first-order valence-corrected chi connectivity index (χ1v) is 12.6. The number of methoxy groups -OCH3 is 1. The van der Waals surface area contributed by atoms with Crippen molar-refractivity contribution < 1.29 is 13.2 Å². The van der Waals surface area contributed by atoms with E-state index in [2.05, 4.69) is 12.1 Å². The van der Waals surface area contributed by atoms with Crippen molar-refractivity contribution in [1.29, 1.82) is 0 Å². The zero-order chi connectivity index (χ0) is 20.9. The summed E-state index contributed by atoms with van der Waals surface area (Å²) in [5.41, 5.74) is 2.49. The second kappa shape index (κ2) is 7.30. The molecule has 0 amide bonds. The summed E-state index contributed by atoms with van der Waals surface area (Å²) >= 11 is 0. The molecule has 6 rings (SSSR count). The first-order valence-electron chi connectivity index (χ1n) is 11.2. The fraction of sp³-hybridized carbons (Fsp3) is 0.520. The third-order valence-corrected chi connectivity index (χ3v) is 9.66. The SMILES string of the molecule is CCN(c1ccc(C23CC4CC(CC(C4)C2)C3)cc1)S(=O)(=O)c1ccc(OC)cc1. The topological polar surface area (TPSA) is 46.6 Å². The van der Waals surface area contributed by atoms with Crippen molar-refractivity contribution >= 4 is 15.7 Å². The summed E-state index contributed by atoms with van der Waals surface area (Å²) in [6, 6.07) is 15.0. The summed E-state index contributed by atoms with van der Waals surface area (Å²) in [7, 11) is -2.03. The number of benzene rings is 2. The number of hydrogen-bond acceptors (Lipinski definition) is 3. The summed E-state index contributed by atoms with van der Waals surface area (Å²) in [5.74, 6) is 3.35. The molecule has 0 spiro atoms. The predicted octanol–water partition coefficient (Wildman–Crippen LogP) is 5.38. The van der Waals surface area contributed by atoms with Gasteiger partial charge in [0.05, 0.1) is 17.7 Å². The first-order chi connectivity index (χ1) is 14.4. The Morgan fingerprint density at radius 1 is 0.900 bits per heavy atom. The molecule has 4 fully saturated rings. The minimum Gasteiger partial charge on any atom is -0.497 e. The van der Waals surface area contributed by atoms with Crippen LogP contribution in [-0.2, 0) is 15.4 Å². The molecule has 2 aromatic rings. The van der Waals surface area contributed by atoms with E-state index in [1.54, 1.807) is 31.4 Å². The molecule has 0 atom stereocenters. The number of anilines is 1. The molecule has 0 radical (unpaired) electrons. The van der Waals surface area contributed by atoms with Crippen LogP contribution in [0.5, 0.6) is 5.75 Å². The van der Waals surface area contributed by atoms with Crippen molar-refractivity contribution in [3.05, 3.63) is 54.1 Å². The molecule has 4 saturated carbocycles. The maximum Gasteiger partial charge on any atom is 0.264 e. The molecule has 4 nitrogen and oxygen atoms in total. The smallest absolute Gasteiger partial charge is 0.264 e. The Bertz CT molecular complexity index is 976. The monoisotopic (exact) mass is 425 g/mol. The van der Waals surface area contributed by atoms with Crippen LogP contribution in [0.4, 0.5) is 5.69 Å². The number of ether oxygens (including phenoxy) is 1. The fourth-order valence-corrected chi connectivity index (χ4v) is 8.29. The fourth-order valence-electron chi connectivity index (χ4n) is 6.81. The summed E-state index contributed by atoms with van der Waals surface area (Å²) in [6.45, 7) is 2.28. The molecule has 5 heteroatoms. The molecule has 160 valence electrons. The van der Waals surface area contributed by atoms with Crippen molar-refractivity contribution in [3.8, 4) is 5.75 Å². The average Bonchev–Trinajstić information content (AvgIpc) is 2.73. The van der Waals surface area contributed by atoms with Crippen LogP contribution < -0.4 is 9.04 Å². The Labute approximate surface area is 180 Å². The highest BCUT2D eigenvalue weighted by atomic mass is 32.2. The van der Waals surface area contributed by atoms with Crippen LogP contribution in [0.3, 0.4) is 0 Å². The molecule has 4 bridgehead atoms. The van der Waals surface area contributed by atoms with E-state index in [1.165, 1.54) is 48.4 Å². The molecular formula is C25H31NO3S. The standard InChI is InChI=1S/C25H31NO3S/c1-3-26(30(27,28)24-10-8-23(29-2)9-11-24)22-6-4-21(5-7-22)25-15-18-12-19(16-25)14-20(13-18)17-25/h4-11,18-20H,3,12-17H2,1-2H3. The van der Waals surface area contributed by atoms with E-state index in [1.807, 2.05) is 19.1 Å². The quantitative estimate of drug-likeness (QED) is 0.624. The normalized spacial score (nSPS) is 29.7. The highest BCUT2D eigenvalue weighted by Gasteiger charge is 2.51. The maximum atomic E-state index is 13.3. The van der Waals surface area contributed by atoms with Crippen molar-refractivity contribution in [3.63, 3.8) is 0 Å². The average molecular weight is 426 g/mol. The van der Waals surface area contributed by atoms with Gasteiger partial charge >= 0.3 is 0 Å². The van der Waals surface area contributed by atoms with E-state index in [4.69, 9.17) is 4.74 Å². The molecule has 0 unspecified atom stereocenters. The Hall–Kier alpha value is -2.01. The summed E-state index contributed by atoms with van der Waals surface area (Å²) in [5, 5.41) is 0. The van der Waals surface area contributed by atoms with Crippen molar-refractivity contribution in [2.45, 2.75) is 55.8 Å². The minimum atomic E-state index is -3.61. The molecule has 0 saturated heterocycles. The van der Waals surface area contributed by atoms with E-state index in [0.717, 1.165) is 23.4 Å². The van der Waals surface area contributed by atoms with Crippen LogP contribution in [0.2, 0.25) is 0 Å². The number of rotatable bonds is 6. The molecule has 30 heavy (non-hydrogen) atoms. The van der Waals surface area contributed by atoms with Crippen molar-refractivity contribution in [1.82, 2.24) is 0 Å². The van der Waals surface area contributed by atoms with Gasteiger partial charge in [0.25, 0.3) is 10.0 Å². The highest BCUT2D eigenvalue weighted by molar-refractivity contribution is 7.92. The van der Waals surface area contributed by atoms with Gasteiger partial charge in [-0.25, -0.2) is 8.42 Å². The van der Waals surface area contributed by atoms with Crippen LogP contribution in [0.15, 0.2) is 53.4 Å². The lowest BCUT2D eigenvalue weighted by molar-refractivity contribution is -0.00518. The largest absolute Gasteiger partial charge is 0.497 e. The molecular weight excluding hydrogens is 394 g/mol. The van der Waals surface area contributed by atoms with Gasteiger partial charge in [-0.3, -0.25) is 4.31 Å². The van der Waals surface area contributed by atoms with Gasteiger partial charge in [0.15, 0.2) is 0 Å². The van der Waals surface area contributed by atoms with Gasteiger partial charge in [0.2, 0.25) is 0 Å². The van der Waals surface area contributed by atoms with Crippen LogP contribution in [0.1, 0.15) is 51.0 Å². The molecule has 0 heterocycles. The summed E-state index contributed by atoms with van der Waals surface area (Å²) in [4.78, 5) is 0.287. The van der Waals surface area contributed by atoms with Crippen molar-refractivity contribution in [2.24, 2.45) is 17.8 Å². The third-order valence-electron chi connectivity index (χ3n) is 7.74. The highest BCUT2D eigenvalue weighted by Crippen LogP contribution is 2.60. The maximum absolute atomic E-state index is 13.3. The Kier molecular flexibility index (Phi) is 4.85. The lowest BCUT2D eigenvalue weighted by atomic mass is 9.48. The van der Waals surface area contributed by atoms with E-state index < -0.39 is 10.0 Å². The lowest BCUT2D eigenvalue weighted by Crippen LogP contribution is -2.48. The second-order valence-corrected chi connectivity index (χ2v) is 11.5. The van der Waals surface area contributed by atoms with Gasteiger partial charge in [0.1, 0.15) is 5.75 Å². The Balaban J connectivity index is 1.42. The predicted molar refractivity (Wildman–Crippen MR) is 119 cm³/mol. The number of nitrogens with zero attached hydrogens (tertiary/aromatic N) is 1. The van der Waals surface area contributed by atoms with Gasteiger partial charge in [-0.1, -0.05) is 12.1 Å². The Morgan fingerprint density at radius 3 is 1.90 bits per heavy atom. The second-order valence-electron chi connectivity index (χ2n) is 9.59. The van der Waals surface area contributed by atoms with Crippen LogP contribution >= 0.6 is 0 Å². The molecule has 2 aromatic carbocycles. The van der Waals surface area contributed by atoms with E-state index in [0.29, 0.717) is 17.7 Å². The zero-order valence-electron chi connectivity index (χ0n) is 17.9. The van der Waals surface area contributed by atoms with Gasteiger partial charge in [-0.05, 0) is 111 Å². The Morgan fingerprint density at radius 2 is 1.43 bits per heavy atom. The zero-order valence-corrected chi connectivity index (χ0v) is 18.7. The van der Waals surface area contributed by atoms with Gasteiger partial charge in [-0.2, -0.15) is 0 Å². The number of sulfonamides is 1. The van der Waals surface area contributed by atoms with Gasteiger partial charge in [-0.15, -0.1) is 0 Å². The van der Waals surface area contributed by atoms with E-state index in [-0.39, 0.29) is 4.90 Å². The first kappa shape index (κ1) is 19.9. The molecule has 4 aliphatic carbocycles. The number of hydrogen-bond donors (Lipinski definition) is 0. The third kappa shape index (κ3) is 3.22. The molecule has 0 N–H and O–H groups in total. The van der Waals surface area contributed by atoms with Gasteiger partial charge < -0.3 is 4.74 Å². The van der Waals surface area contributed by atoms with Crippen LogP contribution in [-0.4, -0.2) is 22.1 Å². The minimum absolute atomic E-state index is 0.287. The molecule has 0 aliphatic heterocycles. The molecule has 4 aliphatic rings. The van der Waals surface area contributed by atoms with Crippen molar-refractivity contribution in [2.75, 3.05) is 18.0 Å². The summed E-state index contributed by atoms with van der Waals surface area (Å²) in [6.07, 6.45) is 8.25. The van der Waals surface area contributed by atoms with E-state index in [9.17, 15) is 8.42 Å². The van der Waals surface area contributed by atoms with Gasteiger partial charge in [0, 0.05) is 6.54 Å². The molecule has 0 aromatic heterocycles. The summed E-state index contributed by atoms with van der Waals surface area (Å²) < 4.78 is 33.2. The van der Waals surface area contributed by atoms with Crippen LogP contribution in [0.25, 0.3) is 0 Å².